The Labute approximate surface area is 96.2 Å². The maximum absolute atomic E-state index is 10.5. The number of hydrogen-bond donors (Lipinski definition) is 3. The van der Waals surface area contributed by atoms with Gasteiger partial charge >= 0.3 is 5.97 Å². The van der Waals surface area contributed by atoms with Gasteiger partial charge in [0.05, 0.1) is 0 Å². The number of nitrogens with two attached hydrogens (primary N) is 1. The van der Waals surface area contributed by atoms with Crippen molar-refractivity contribution in [2.24, 2.45) is 5.73 Å². The lowest BCUT2D eigenvalue weighted by molar-refractivity contribution is -0.138. The molecule has 0 amide bonds. The quantitative estimate of drug-likeness (QED) is 0.761. The fraction of sp³-hybridized carbons (Fsp3) is 0.222. The molecule has 4 nitrogen and oxygen atoms in total. The number of halogens is 2. The minimum Gasteiger partial charge on any atom is -0.508 e. The normalized spacial score (nSPS) is 12.5. The number of benzene rings is 1. The average Bonchev–Trinajstić information content (AvgIpc) is 2.10. The lowest BCUT2D eigenvalue weighted by Crippen LogP contribution is -2.32. The van der Waals surface area contributed by atoms with E-state index in [1.165, 1.54) is 12.1 Å². The van der Waals surface area contributed by atoms with Crippen LogP contribution in [0.1, 0.15) is 5.56 Å². The van der Waals surface area contributed by atoms with E-state index >= 15 is 0 Å². The molecule has 0 fully saturated rings. The monoisotopic (exact) mass is 249 g/mol. The number of carboxylic acid groups (broad SMARTS) is 1. The summed E-state index contributed by atoms with van der Waals surface area (Å²) in [5.74, 6) is -1.20. The average molecular weight is 250 g/mol. The standard InChI is InChI=1S/C9H9Cl2NO3/c10-6-1-4(13)2-7(11)5(6)3-8(12)9(14)15/h1-2,8,13H,3,12H2,(H,14,15). The third kappa shape index (κ3) is 2.99. The fourth-order valence-corrected chi connectivity index (χ4v) is 1.72. The Kier molecular flexibility index (Phi) is 3.79. The number of rotatable bonds is 3. The largest absolute Gasteiger partial charge is 0.508 e. The first-order valence-electron chi connectivity index (χ1n) is 4.07. The van der Waals surface area contributed by atoms with E-state index in [0.717, 1.165) is 0 Å². The van der Waals surface area contributed by atoms with Gasteiger partial charge in [-0.05, 0) is 17.7 Å². The molecule has 1 aromatic carbocycles. The number of aliphatic carboxylic acids is 1. The zero-order valence-electron chi connectivity index (χ0n) is 7.58. The molecule has 1 unspecified atom stereocenters. The number of phenols is 1. The molecule has 0 radical (unpaired) electrons. The second-order valence-electron chi connectivity index (χ2n) is 3.04. The van der Waals surface area contributed by atoms with Gasteiger partial charge in [-0.2, -0.15) is 0 Å². The van der Waals surface area contributed by atoms with Gasteiger partial charge in [0.2, 0.25) is 0 Å². The van der Waals surface area contributed by atoms with Crippen LogP contribution in [0.15, 0.2) is 12.1 Å². The predicted octanol–water partition coefficient (Wildman–Crippen LogP) is 1.65. The van der Waals surface area contributed by atoms with Crippen molar-refractivity contribution in [1.29, 1.82) is 0 Å². The van der Waals surface area contributed by atoms with Gasteiger partial charge in [-0.15, -0.1) is 0 Å². The molecule has 0 aromatic heterocycles. The molecule has 1 aromatic rings. The SMILES string of the molecule is NC(Cc1c(Cl)cc(O)cc1Cl)C(=O)O. The molecule has 4 N–H and O–H groups in total. The van der Waals surface area contributed by atoms with Crippen LogP contribution in [0.25, 0.3) is 0 Å². The first-order valence-corrected chi connectivity index (χ1v) is 4.82. The van der Waals surface area contributed by atoms with Crippen molar-refractivity contribution < 1.29 is 15.0 Å². The Morgan fingerprint density at radius 3 is 2.27 bits per heavy atom. The highest BCUT2D eigenvalue weighted by Crippen LogP contribution is 2.30. The van der Waals surface area contributed by atoms with E-state index < -0.39 is 12.0 Å². The Hall–Kier alpha value is -0.970. The van der Waals surface area contributed by atoms with E-state index in [-0.39, 0.29) is 22.2 Å². The summed E-state index contributed by atoms with van der Waals surface area (Å²) in [6.45, 7) is 0. The molecule has 82 valence electrons. The Balaban J connectivity index is 3.00. The van der Waals surface area contributed by atoms with Crippen LogP contribution in [-0.4, -0.2) is 22.2 Å². The van der Waals surface area contributed by atoms with E-state index in [2.05, 4.69) is 0 Å². The smallest absolute Gasteiger partial charge is 0.320 e. The minimum absolute atomic E-state index is 0.0211. The topological polar surface area (TPSA) is 83.5 Å². The van der Waals surface area contributed by atoms with E-state index in [1.807, 2.05) is 0 Å². The second kappa shape index (κ2) is 4.70. The number of hydrogen-bond acceptors (Lipinski definition) is 3. The van der Waals surface area contributed by atoms with Crippen molar-refractivity contribution in [3.63, 3.8) is 0 Å². The van der Waals surface area contributed by atoms with Crippen molar-refractivity contribution >= 4 is 29.2 Å². The molecular formula is C9H9Cl2NO3. The zero-order valence-corrected chi connectivity index (χ0v) is 9.09. The highest BCUT2D eigenvalue weighted by atomic mass is 35.5. The van der Waals surface area contributed by atoms with Crippen molar-refractivity contribution in [2.45, 2.75) is 12.5 Å². The van der Waals surface area contributed by atoms with Crippen LogP contribution >= 0.6 is 23.2 Å². The third-order valence-corrected chi connectivity index (χ3v) is 2.54. The number of aromatic hydroxyl groups is 1. The Morgan fingerprint density at radius 1 is 1.40 bits per heavy atom. The minimum atomic E-state index is -1.13. The van der Waals surface area contributed by atoms with E-state index in [4.69, 9.17) is 39.1 Å². The van der Waals surface area contributed by atoms with E-state index in [1.54, 1.807) is 0 Å². The van der Waals surface area contributed by atoms with Gasteiger partial charge in [0, 0.05) is 16.5 Å². The molecule has 0 heterocycles. The van der Waals surface area contributed by atoms with Crippen LogP contribution in [0.4, 0.5) is 0 Å². The Bertz CT molecular complexity index is 372. The molecule has 15 heavy (non-hydrogen) atoms. The lowest BCUT2D eigenvalue weighted by Gasteiger charge is -2.10. The summed E-state index contributed by atoms with van der Waals surface area (Å²) in [5, 5.41) is 18.2. The van der Waals surface area contributed by atoms with Crippen molar-refractivity contribution in [3.8, 4) is 5.75 Å². The van der Waals surface area contributed by atoms with Gasteiger partial charge in [0.1, 0.15) is 11.8 Å². The molecule has 0 aliphatic heterocycles. The molecule has 1 rings (SSSR count). The van der Waals surface area contributed by atoms with Crippen LogP contribution in [-0.2, 0) is 11.2 Å². The van der Waals surface area contributed by atoms with E-state index in [9.17, 15) is 4.79 Å². The second-order valence-corrected chi connectivity index (χ2v) is 3.85. The lowest BCUT2D eigenvalue weighted by atomic mass is 10.1. The van der Waals surface area contributed by atoms with Gasteiger partial charge in [0.15, 0.2) is 0 Å². The van der Waals surface area contributed by atoms with Crippen LogP contribution in [0, 0.1) is 0 Å². The number of phenolic OH excluding ortho intramolecular Hbond substituents is 1. The van der Waals surface area contributed by atoms with Gasteiger partial charge in [-0.3, -0.25) is 4.79 Å². The number of carboxylic acids is 1. The molecule has 0 saturated carbocycles. The number of carbonyl (C=O) groups is 1. The van der Waals surface area contributed by atoms with Crippen LogP contribution in [0.2, 0.25) is 10.0 Å². The van der Waals surface area contributed by atoms with Crippen LogP contribution in [0.5, 0.6) is 5.75 Å². The first kappa shape index (κ1) is 12.1. The Morgan fingerprint density at radius 2 is 1.87 bits per heavy atom. The molecule has 0 spiro atoms. The van der Waals surface area contributed by atoms with Gasteiger partial charge in [-0.1, -0.05) is 23.2 Å². The summed E-state index contributed by atoms with van der Waals surface area (Å²) in [5.41, 5.74) is 5.77. The highest BCUT2D eigenvalue weighted by molar-refractivity contribution is 6.36. The van der Waals surface area contributed by atoms with Crippen molar-refractivity contribution in [2.75, 3.05) is 0 Å². The molecule has 0 saturated heterocycles. The molecule has 0 aliphatic carbocycles. The maximum atomic E-state index is 10.5. The summed E-state index contributed by atoms with van der Waals surface area (Å²) in [7, 11) is 0. The first-order chi connectivity index (χ1) is 6.91. The van der Waals surface area contributed by atoms with Crippen LogP contribution in [0.3, 0.4) is 0 Å². The van der Waals surface area contributed by atoms with Gasteiger partial charge in [-0.25, -0.2) is 0 Å². The molecule has 0 bridgehead atoms. The van der Waals surface area contributed by atoms with Crippen LogP contribution < -0.4 is 5.73 Å². The highest BCUT2D eigenvalue weighted by Gasteiger charge is 2.17. The molecule has 1 atom stereocenters. The summed E-state index contributed by atoms with van der Waals surface area (Å²) >= 11 is 11.6. The summed E-state index contributed by atoms with van der Waals surface area (Å²) < 4.78 is 0. The van der Waals surface area contributed by atoms with Crippen molar-refractivity contribution in [1.82, 2.24) is 0 Å². The summed E-state index contributed by atoms with van der Waals surface area (Å²) in [6.07, 6.45) is 0.0211. The van der Waals surface area contributed by atoms with Gasteiger partial charge in [0.25, 0.3) is 0 Å². The van der Waals surface area contributed by atoms with E-state index in [0.29, 0.717) is 5.56 Å². The molecule has 6 heteroatoms. The summed E-state index contributed by atoms with van der Waals surface area (Å²) in [6, 6.07) is 1.51. The van der Waals surface area contributed by atoms with Crippen molar-refractivity contribution in [3.05, 3.63) is 27.7 Å². The summed E-state index contributed by atoms with van der Waals surface area (Å²) in [4.78, 5) is 10.5. The molecular weight excluding hydrogens is 241 g/mol. The molecule has 0 aliphatic rings. The van der Waals surface area contributed by atoms with Gasteiger partial charge < -0.3 is 15.9 Å². The predicted molar refractivity (Wildman–Crippen MR) is 57.4 cm³/mol. The third-order valence-electron chi connectivity index (χ3n) is 1.87. The zero-order chi connectivity index (χ0) is 11.6. The fourth-order valence-electron chi connectivity index (χ4n) is 1.09. The maximum Gasteiger partial charge on any atom is 0.320 e.